The molecule has 4 aromatic rings. The van der Waals surface area contributed by atoms with E-state index in [2.05, 4.69) is 4.98 Å². The summed E-state index contributed by atoms with van der Waals surface area (Å²) in [4.78, 5) is 16.9. The summed E-state index contributed by atoms with van der Waals surface area (Å²) in [5, 5.41) is 10.7. The number of aryl methyl sites for hydroxylation is 2. The first-order valence-corrected chi connectivity index (χ1v) is 9.22. The lowest BCUT2D eigenvalue weighted by Crippen LogP contribution is -2.31. The molecular weight excluding hydrogens is 340 g/mol. The molecule has 0 aliphatic carbocycles. The van der Waals surface area contributed by atoms with Crippen molar-refractivity contribution < 1.29 is 14.1 Å². The van der Waals surface area contributed by atoms with E-state index in [0.717, 1.165) is 22.4 Å². The van der Waals surface area contributed by atoms with Crippen molar-refractivity contribution in [1.82, 2.24) is 4.98 Å². The Labute approximate surface area is 156 Å². The number of aromatic hydroxyl groups is 1. The monoisotopic (exact) mass is 363 g/mol. The molecular formula is C22H23N2O3+. The minimum absolute atomic E-state index is 0.0107. The molecule has 5 nitrogen and oxygen atoms in total. The van der Waals surface area contributed by atoms with Crippen LogP contribution >= 0.6 is 0 Å². The molecule has 5 heteroatoms. The number of benzene rings is 2. The topological polar surface area (TPSA) is 70.1 Å². The Morgan fingerprint density at radius 3 is 2.63 bits per heavy atom. The van der Waals surface area contributed by atoms with Crippen molar-refractivity contribution in [1.29, 1.82) is 0 Å². The van der Waals surface area contributed by atoms with Crippen LogP contribution in [0.5, 0.6) is 5.75 Å². The van der Waals surface area contributed by atoms with Gasteiger partial charge in [0.15, 0.2) is 16.6 Å². The third-order valence-corrected chi connectivity index (χ3v) is 5.11. The predicted octanol–water partition coefficient (Wildman–Crippen LogP) is 4.16. The quantitative estimate of drug-likeness (QED) is 0.537. The Balaban J connectivity index is 2.13. The first kappa shape index (κ1) is 17.3. The van der Waals surface area contributed by atoms with E-state index in [1.54, 1.807) is 12.1 Å². The number of para-hydroxylation sites is 2. The maximum Gasteiger partial charge on any atom is 0.294 e. The van der Waals surface area contributed by atoms with Gasteiger partial charge in [-0.3, -0.25) is 4.79 Å². The second-order valence-electron chi connectivity index (χ2n) is 7.21. The summed E-state index contributed by atoms with van der Waals surface area (Å²) in [6.07, 6.45) is 0.642. The Kier molecular flexibility index (Phi) is 4.02. The van der Waals surface area contributed by atoms with E-state index in [-0.39, 0.29) is 17.1 Å². The summed E-state index contributed by atoms with van der Waals surface area (Å²) in [7, 11) is 1.94. The number of hydrogen-bond acceptors (Lipinski definition) is 3. The minimum Gasteiger partial charge on any atom is -0.508 e. The lowest BCUT2D eigenvalue weighted by Gasteiger charge is -2.11. The van der Waals surface area contributed by atoms with E-state index >= 15 is 0 Å². The maximum absolute atomic E-state index is 13.5. The molecule has 2 N–H and O–H groups in total. The zero-order chi connectivity index (χ0) is 19.3. The summed E-state index contributed by atoms with van der Waals surface area (Å²) in [5.74, 6) is 1.50. The lowest BCUT2D eigenvalue weighted by molar-refractivity contribution is -0.633. The molecule has 0 radical (unpaired) electrons. The van der Waals surface area contributed by atoms with Crippen molar-refractivity contribution in [2.75, 3.05) is 0 Å². The van der Waals surface area contributed by atoms with Crippen LogP contribution in [-0.4, -0.2) is 10.1 Å². The third kappa shape index (κ3) is 2.62. The molecule has 27 heavy (non-hydrogen) atoms. The van der Waals surface area contributed by atoms with Crippen LogP contribution < -0.4 is 10.00 Å². The molecule has 0 bridgehead atoms. The van der Waals surface area contributed by atoms with E-state index in [9.17, 15) is 9.90 Å². The zero-order valence-electron chi connectivity index (χ0n) is 16.0. The molecule has 0 fully saturated rings. The molecule has 2 aromatic heterocycles. The smallest absolute Gasteiger partial charge is 0.294 e. The van der Waals surface area contributed by atoms with Crippen LogP contribution in [0, 0.1) is 0 Å². The van der Waals surface area contributed by atoms with Crippen molar-refractivity contribution in [3.8, 4) is 17.1 Å². The van der Waals surface area contributed by atoms with Crippen LogP contribution in [0.25, 0.3) is 33.4 Å². The third-order valence-electron chi connectivity index (χ3n) is 5.11. The van der Waals surface area contributed by atoms with E-state index in [1.165, 1.54) is 0 Å². The molecule has 2 heterocycles. The first-order valence-electron chi connectivity index (χ1n) is 9.22. The van der Waals surface area contributed by atoms with Crippen LogP contribution in [0.4, 0.5) is 0 Å². The SMILES string of the molecule is CCc1cc2c(=O)c(-c3[nH]c4ccccc4[n+]3C)c(C(C)C)oc2cc1O. The highest BCUT2D eigenvalue weighted by Crippen LogP contribution is 2.31. The number of aromatic nitrogens is 2. The van der Waals surface area contributed by atoms with E-state index in [4.69, 9.17) is 4.42 Å². The molecule has 0 spiro atoms. The predicted molar refractivity (Wildman–Crippen MR) is 106 cm³/mol. The van der Waals surface area contributed by atoms with Gasteiger partial charge in [0.1, 0.15) is 17.1 Å². The summed E-state index contributed by atoms with van der Waals surface area (Å²) in [5.41, 5.74) is 3.59. The molecule has 0 aliphatic rings. The van der Waals surface area contributed by atoms with Gasteiger partial charge in [-0.1, -0.05) is 32.9 Å². The highest BCUT2D eigenvalue weighted by atomic mass is 16.3. The number of fused-ring (bicyclic) bond motifs is 2. The number of rotatable bonds is 3. The maximum atomic E-state index is 13.5. The number of phenolic OH excluding ortho intramolecular Hbond substituents is 1. The number of imidazole rings is 1. The number of nitrogens with zero attached hydrogens (tertiary/aromatic N) is 1. The molecule has 0 amide bonds. The number of H-pyrrole nitrogens is 1. The summed E-state index contributed by atoms with van der Waals surface area (Å²) < 4.78 is 8.11. The van der Waals surface area contributed by atoms with Crippen molar-refractivity contribution >= 4 is 22.0 Å². The Hall–Kier alpha value is -3.08. The van der Waals surface area contributed by atoms with Gasteiger partial charge in [0.2, 0.25) is 5.43 Å². The van der Waals surface area contributed by atoms with Crippen molar-refractivity contribution in [2.24, 2.45) is 7.05 Å². The Morgan fingerprint density at radius 1 is 1.22 bits per heavy atom. The van der Waals surface area contributed by atoms with Gasteiger partial charge in [0, 0.05) is 12.0 Å². The van der Waals surface area contributed by atoms with Gasteiger partial charge in [-0.05, 0) is 30.2 Å². The normalized spacial score (nSPS) is 11.7. The van der Waals surface area contributed by atoms with Gasteiger partial charge in [-0.2, -0.15) is 0 Å². The number of phenols is 1. The van der Waals surface area contributed by atoms with Gasteiger partial charge in [-0.15, -0.1) is 0 Å². The summed E-state index contributed by atoms with van der Waals surface area (Å²) in [6.45, 7) is 5.94. The van der Waals surface area contributed by atoms with Crippen LogP contribution in [0.1, 0.15) is 38.0 Å². The van der Waals surface area contributed by atoms with E-state index in [1.807, 2.05) is 56.7 Å². The van der Waals surface area contributed by atoms with Gasteiger partial charge in [0.05, 0.1) is 12.4 Å². The minimum atomic E-state index is -0.0863. The van der Waals surface area contributed by atoms with Gasteiger partial charge < -0.3 is 9.52 Å². The molecule has 0 saturated carbocycles. The van der Waals surface area contributed by atoms with Crippen LogP contribution in [-0.2, 0) is 13.5 Å². The molecule has 2 aromatic carbocycles. The van der Waals surface area contributed by atoms with E-state index in [0.29, 0.717) is 28.7 Å². The molecule has 4 rings (SSSR count). The lowest BCUT2D eigenvalue weighted by atomic mass is 10.0. The van der Waals surface area contributed by atoms with Gasteiger partial charge in [-0.25, -0.2) is 9.55 Å². The number of aromatic amines is 1. The molecule has 0 atom stereocenters. The van der Waals surface area contributed by atoms with Gasteiger partial charge >= 0.3 is 0 Å². The van der Waals surface area contributed by atoms with Gasteiger partial charge in [0.25, 0.3) is 5.82 Å². The second-order valence-corrected chi connectivity index (χ2v) is 7.21. The number of hydrogen-bond donors (Lipinski definition) is 2. The van der Waals surface area contributed by atoms with Crippen molar-refractivity contribution in [2.45, 2.75) is 33.1 Å². The average molecular weight is 363 g/mol. The molecule has 0 aliphatic heterocycles. The molecule has 0 saturated heterocycles. The first-order chi connectivity index (χ1) is 12.9. The standard InChI is InChI=1S/C22H22N2O3/c1-5-13-10-14-18(11-17(13)25)27-21(12(2)3)19(20(14)26)22-23-15-8-6-7-9-16(15)24(22)4/h6-12H,5H2,1-4H3,(H,25,26)/p+1. The number of nitrogens with one attached hydrogen (secondary N) is 1. The fourth-order valence-corrected chi connectivity index (χ4v) is 3.64. The fourth-order valence-electron chi connectivity index (χ4n) is 3.64. The molecule has 0 unspecified atom stereocenters. The summed E-state index contributed by atoms with van der Waals surface area (Å²) >= 11 is 0. The average Bonchev–Trinajstić information content (AvgIpc) is 2.97. The molecule has 138 valence electrons. The Morgan fingerprint density at radius 2 is 1.96 bits per heavy atom. The van der Waals surface area contributed by atoms with Crippen molar-refractivity contribution in [3.63, 3.8) is 0 Å². The largest absolute Gasteiger partial charge is 0.508 e. The fraction of sp³-hybridized carbons (Fsp3) is 0.273. The van der Waals surface area contributed by atoms with E-state index < -0.39 is 0 Å². The van der Waals surface area contributed by atoms with Crippen LogP contribution in [0.3, 0.4) is 0 Å². The Bertz CT molecular complexity index is 1230. The highest BCUT2D eigenvalue weighted by Gasteiger charge is 2.28. The second kappa shape index (κ2) is 6.27. The summed E-state index contributed by atoms with van der Waals surface area (Å²) in [6, 6.07) is 11.2. The highest BCUT2D eigenvalue weighted by molar-refractivity contribution is 5.84. The van der Waals surface area contributed by atoms with Crippen LogP contribution in [0.2, 0.25) is 0 Å². The zero-order valence-corrected chi connectivity index (χ0v) is 16.0. The van der Waals surface area contributed by atoms with Crippen molar-refractivity contribution in [3.05, 3.63) is 57.9 Å². The van der Waals surface area contributed by atoms with Crippen LogP contribution in [0.15, 0.2) is 45.6 Å².